The van der Waals surface area contributed by atoms with Crippen molar-refractivity contribution in [2.75, 3.05) is 20.1 Å². The Morgan fingerprint density at radius 3 is 2.32 bits per heavy atom. The zero-order chi connectivity index (χ0) is 14.5. The highest BCUT2D eigenvalue weighted by molar-refractivity contribution is 5.69. The van der Waals surface area contributed by atoms with Crippen molar-refractivity contribution in [1.82, 2.24) is 10.2 Å². The molecule has 110 valence electrons. The van der Waals surface area contributed by atoms with Gasteiger partial charge in [0.05, 0.1) is 6.54 Å². The van der Waals surface area contributed by atoms with Gasteiger partial charge < -0.3 is 10.1 Å². The number of amides is 1. The Bertz CT molecular complexity index is 381. The van der Waals surface area contributed by atoms with Crippen molar-refractivity contribution in [3.63, 3.8) is 0 Å². The Hall–Kier alpha value is -1.12. The highest BCUT2D eigenvalue weighted by atomic mass is 19.4. The van der Waals surface area contributed by atoms with Crippen LogP contribution in [0.25, 0.3) is 0 Å². The van der Waals surface area contributed by atoms with E-state index < -0.39 is 36.4 Å². The van der Waals surface area contributed by atoms with Crippen LogP contribution >= 0.6 is 0 Å². The summed E-state index contributed by atoms with van der Waals surface area (Å²) in [5, 5.41) is 1.65. The van der Waals surface area contributed by atoms with E-state index in [9.17, 15) is 26.7 Å². The number of rotatable bonds is 2. The number of alkyl halides is 5. The van der Waals surface area contributed by atoms with Crippen LogP contribution in [0.4, 0.5) is 26.7 Å². The maximum atomic E-state index is 13.3. The number of hydrogen-bond donors (Lipinski definition) is 1. The molecule has 1 heterocycles. The molecular formula is C10H13F5N2O2. The molecule has 0 aromatic rings. The predicted octanol–water partition coefficient (Wildman–Crippen LogP) is 1.76. The van der Waals surface area contributed by atoms with E-state index in [4.69, 9.17) is 0 Å². The van der Waals surface area contributed by atoms with Crippen LogP contribution in [0.1, 0.15) is 12.8 Å². The third-order valence-electron chi connectivity index (χ3n) is 3.31. The van der Waals surface area contributed by atoms with Crippen LogP contribution in [0.3, 0.4) is 0 Å². The van der Waals surface area contributed by atoms with Gasteiger partial charge in [-0.15, -0.1) is 0 Å². The van der Waals surface area contributed by atoms with Crippen molar-refractivity contribution >= 4 is 6.09 Å². The second kappa shape index (κ2) is 4.19. The van der Waals surface area contributed by atoms with Gasteiger partial charge in [-0.05, 0) is 19.9 Å². The third kappa shape index (κ3) is 2.75. The summed E-state index contributed by atoms with van der Waals surface area (Å²) in [7, 11) is 1.41. The first-order chi connectivity index (χ1) is 8.56. The lowest BCUT2D eigenvalue weighted by atomic mass is 10.2. The first kappa shape index (κ1) is 14.3. The van der Waals surface area contributed by atoms with Gasteiger partial charge in [0.1, 0.15) is 5.54 Å². The maximum Gasteiger partial charge on any atom is 0.411 e. The zero-order valence-corrected chi connectivity index (χ0v) is 10.1. The minimum absolute atomic E-state index is 0.209. The second-order valence-corrected chi connectivity index (χ2v) is 5.06. The van der Waals surface area contributed by atoms with Crippen LogP contribution < -0.4 is 5.32 Å². The van der Waals surface area contributed by atoms with E-state index in [0.717, 1.165) is 0 Å². The summed E-state index contributed by atoms with van der Waals surface area (Å²) in [6, 6.07) is 0. The number of hydrogen-bond acceptors (Lipinski definition) is 3. The summed E-state index contributed by atoms with van der Waals surface area (Å²) < 4.78 is 68.8. The van der Waals surface area contributed by atoms with Gasteiger partial charge in [-0.1, -0.05) is 0 Å². The number of halogens is 5. The number of nitrogens with zero attached hydrogens (tertiary/aromatic N) is 1. The van der Waals surface area contributed by atoms with Gasteiger partial charge in [0, 0.05) is 6.54 Å². The predicted molar refractivity (Wildman–Crippen MR) is 53.9 cm³/mol. The Morgan fingerprint density at radius 2 is 1.95 bits per heavy atom. The first-order valence-corrected chi connectivity index (χ1v) is 5.68. The molecule has 0 aromatic carbocycles. The standard InChI is InChI=1S/C10H13F5N2O2/c1-17-4-6(9(11,12)5-17)19-7(18)16-8(2-3-8)10(13,14)15/h6H,2-5H2,1H3,(H,16,18). The Kier molecular flexibility index (Phi) is 3.15. The van der Waals surface area contributed by atoms with Crippen molar-refractivity contribution in [2.45, 2.75) is 36.6 Å². The molecule has 1 N–H and O–H groups in total. The fourth-order valence-corrected chi connectivity index (χ4v) is 2.02. The number of alkyl carbamates (subject to hydrolysis) is 1. The molecule has 1 aliphatic carbocycles. The molecule has 1 atom stereocenters. The van der Waals surface area contributed by atoms with Crippen LogP contribution in [-0.2, 0) is 4.74 Å². The van der Waals surface area contributed by atoms with E-state index in [1.807, 2.05) is 0 Å². The van der Waals surface area contributed by atoms with Crippen LogP contribution in [0.2, 0.25) is 0 Å². The molecule has 1 saturated heterocycles. The molecule has 4 nitrogen and oxygen atoms in total. The fraction of sp³-hybridized carbons (Fsp3) is 0.900. The van der Waals surface area contributed by atoms with Crippen molar-refractivity contribution in [1.29, 1.82) is 0 Å². The highest BCUT2D eigenvalue weighted by Crippen LogP contribution is 2.49. The molecule has 0 radical (unpaired) electrons. The number of carbonyl (C=O) groups is 1. The molecule has 2 aliphatic rings. The van der Waals surface area contributed by atoms with Crippen molar-refractivity contribution in [3.05, 3.63) is 0 Å². The van der Waals surface area contributed by atoms with Crippen LogP contribution in [0.5, 0.6) is 0 Å². The van der Waals surface area contributed by atoms with E-state index in [-0.39, 0.29) is 19.4 Å². The van der Waals surface area contributed by atoms with Gasteiger partial charge in [0.25, 0.3) is 5.92 Å². The quantitative estimate of drug-likeness (QED) is 0.787. The summed E-state index contributed by atoms with van der Waals surface area (Å²) in [6.45, 7) is -0.797. The van der Waals surface area contributed by atoms with E-state index in [2.05, 4.69) is 4.74 Å². The number of likely N-dealkylation sites (N-methyl/N-ethyl adjacent to an activating group) is 1. The molecule has 19 heavy (non-hydrogen) atoms. The Morgan fingerprint density at radius 1 is 1.37 bits per heavy atom. The highest BCUT2D eigenvalue weighted by Gasteiger charge is 2.65. The summed E-state index contributed by atoms with van der Waals surface area (Å²) >= 11 is 0. The molecule has 9 heteroatoms. The van der Waals surface area contributed by atoms with Crippen LogP contribution in [0.15, 0.2) is 0 Å². The van der Waals surface area contributed by atoms with E-state index in [1.165, 1.54) is 11.9 Å². The van der Waals surface area contributed by atoms with E-state index in [1.54, 1.807) is 5.32 Å². The monoisotopic (exact) mass is 288 g/mol. The van der Waals surface area contributed by atoms with Crippen molar-refractivity contribution in [3.8, 4) is 0 Å². The largest absolute Gasteiger partial charge is 0.438 e. The topological polar surface area (TPSA) is 41.6 Å². The number of carbonyl (C=O) groups excluding carboxylic acids is 1. The molecule has 1 amide bonds. The molecule has 1 aliphatic heterocycles. The van der Waals surface area contributed by atoms with E-state index >= 15 is 0 Å². The summed E-state index contributed by atoms with van der Waals surface area (Å²) in [5.41, 5.74) is -2.30. The van der Waals surface area contributed by atoms with Gasteiger partial charge in [-0.25, -0.2) is 13.6 Å². The first-order valence-electron chi connectivity index (χ1n) is 5.68. The lowest BCUT2D eigenvalue weighted by Gasteiger charge is -2.23. The van der Waals surface area contributed by atoms with Gasteiger partial charge in [0.2, 0.25) is 0 Å². The van der Waals surface area contributed by atoms with Crippen LogP contribution in [-0.4, -0.2) is 54.9 Å². The average molecular weight is 288 g/mol. The minimum Gasteiger partial charge on any atom is -0.438 e. The average Bonchev–Trinajstić information content (AvgIpc) is 2.90. The van der Waals surface area contributed by atoms with Gasteiger partial charge in [-0.3, -0.25) is 4.90 Å². The molecule has 0 bridgehead atoms. The lowest BCUT2D eigenvalue weighted by molar-refractivity contribution is -0.165. The molecule has 2 fully saturated rings. The zero-order valence-electron chi connectivity index (χ0n) is 10.1. The summed E-state index contributed by atoms with van der Waals surface area (Å²) in [6.07, 6.45) is -8.28. The van der Waals surface area contributed by atoms with Crippen molar-refractivity contribution < 1.29 is 31.5 Å². The number of ether oxygens (including phenoxy) is 1. The fourth-order valence-electron chi connectivity index (χ4n) is 2.02. The van der Waals surface area contributed by atoms with Crippen molar-refractivity contribution in [2.24, 2.45) is 0 Å². The maximum absolute atomic E-state index is 13.3. The second-order valence-electron chi connectivity index (χ2n) is 5.06. The van der Waals surface area contributed by atoms with Gasteiger partial charge in [0.15, 0.2) is 6.10 Å². The lowest BCUT2D eigenvalue weighted by Crippen LogP contribution is -2.50. The minimum atomic E-state index is -4.60. The van der Waals surface area contributed by atoms with E-state index in [0.29, 0.717) is 0 Å². The Labute approximate surface area is 105 Å². The summed E-state index contributed by atoms with van der Waals surface area (Å²) in [5.74, 6) is -3.25. The normalized spacial score (nSPS) is 29.1. The Balaban J connectivity index is 1.93. The molecule has 2 rings (SSSR count). The molecule has 1 unspecified atom stereocenters. The van der Waals surface area contributed by atoms with Gasteiger partial charge >= 0.3 is 12.3 Å². The van der Waals surface area contributed by atoms with Gasteiger partial charge in [-0.2, -0.15) is 13.2 Å². The molecule has 0 aromatic heterocycles. The summed E-state index contributed by atoms with van der Waals surface area (Å²) in [4.78, 5) is 12.6. The molecule has 1 saturated carbocycles. The smallest absolute Gasteiger partial charge is 0.411 e. The van der Waals surface area contributed by atoms with Crippen LogP contribution in [0, 0.1) is 0 Å². The molecular weight excluding hydrogens is 275 g/mol. The third-order valence-corrected chi connectivity index (χ3v) is 3.31. The molecule has 0 spiro atoms. The SMILES string of the molecule is CN1CC(OC(=O)NC2(C(F)(F)F)CC2)C(F)(F)C1. The number of nitrogens with one attached hydrogen (secondary N) is 1. The number of likely N-dealkylation sites (tertiary alicyclic amines) is 1.